The van der Waals surface area contributed by atoms with Gasteiger partial charge in [0.25, 0.3) is 11.5 Å². The molecule has 4 bridgehead atoms. The van der Waals surface area contributed by atoms with Gasteiger partial charge >= 0.3 is 0 Å². The lowest BCUT2D eigenvalue weighted by Crippen LogP contribution is -2.39. The molecule has 1 aromatic carbocycles. The summed E-state index contributed by atoms with van der Waals surface area (Å²) in [5.74, 6) is 0.536. The van der Waals surface area contributed by atoms with Crippen molar-refractivity contribution in [1.82, 2.24) is 44.2 Å². The molecular weight excluding hydrogens is 522 g/mol. The predicted octanol–water partition coefficient (Wildman–Crippen LogP) is 1.68. The first-order chi connectivity index (χ1) is 19.8. The second-order valence-corrected chi connectivity index (χ2v) is 11.3. The van der Waals surface area contributed by atoms with E-state index in [-0.39, 0.29) is 47.5 Å². The minimum absolute atomic E-state index is 0.000235. The van der Waals surface area contributed by atoms with Crippen LogP contribution in [0.15, 0.2) is 53.6 Å². The average molecular weight is 558 g/mol. The van der Waals surface area contributed by atoms with Crippen LogP contribution in [-0.2, 0) is 17.9 Å². The molecule has 12 nitrogen and oxygen atoms in total. The van der Waals surface area contributed by atoms with Crippen molar-refractivity contribution in [3.8, 4) is 0 Å². The summed E-state index contributed by atoms with van der Waals surface area (Å²) in [5, 5.41) is 11.7. The minimum atomic E-state index is -0.381. The van der Waals surface area contributed by atoms with E-state index >= 15 is 0 Å². The lowest BCUT2D eigenvalue weighted by atomic mass is 9.99. The van der Waals surface area contributed by atoms with E-state index in [0.29, 0.717) is 44.8 Å². The minimum Gasteiger partial charge on any atom is -0.354 e. The van der Waals surface area contributed by atoms with Gasteiger partial charge in [-0.25, -0.2) is 9.67 Å². The Morgan fingerprint density at radius 2 is 1.90 bits per heavy atom. The van der Waals surface area contributed by atoms with Crippen LogP contribution in [0.1, 0.15) is 54.2 Å². The van der Waals surface area contributed by atoms with Crippen LogP contribution < -0.4 is 10.9 Å². The number of nitrogens with zero attached hydrogens (tertiary/aromatic N) is 8. The molecule has 41 heavy (non-hydrogen) atoms. The van der Waals surface area contributed by atoms with Crippen LogP contribution >= 0.6 is 0 Å². The Hall–Kier alpha value is -4.32. The molecule has 2 aliphatic heterocycles. The number of aromatic nitrogens is 6. The maximum absolute atomic E-state index is 13.1. The first-order valence-corrected chi connectivity index (χ1v) is 14.1. The van der Waals surface area contributed by atoms with Gasteiger partial charge in [-0.1, -0.05) is 17.3 Å². The Bertz CT molecular complexity index is 1650. The van der Waals surface area contributed by atoms with Crippen LogP contribution in [0.5, 0.6) is 0 Å². The van der Waals surface area contributed by atoms with Gasteiger partial charge in [0, 0.05) is 57.8 Å². The summed E-state index contributed by atoms with van der Waals surface area (Å²) in [7, 11) is 1.63. The van der Waals surface area contributed by atoms with E-state index in [2.05, 4.69) is 45.0 Å². The van der Waals surface area contributed by atoms with Gasteiger partial charge in [0.2, 0.25) is 5.91 Å². The van der Waals surface area contributed by atoms with Gasteiger partial charge in [-0.2, -0.15) is 0 Å². The van der Waals surface area contributed by atoms with E-state index in [1.807, 2.05) is 29.1 Å². The number of para-hydroxylation sites is 2. The van der Waals surface area contributed by atoms with Crippen molar-refractivity contribution in [3.63, 3.8) is 0 Å². The second-order valence-electron chi connectivity index (χ2n) is 11.3. The monoisotopic (exact) mass is 557 g/mol. The Morgan fingerprint density at radius 1 is 1.07 bits per heavy atom. The van der Waals surface area contributed by atoms with Crippen LogP contribution in [0.4, 0.5) is 0 Å². The number of imidazole rings is 1. The zero-order chi connectivity index (χ0) is 28.7. The molecular formula is C29H35N9O3. The third kappa shape index (κ3) is 5.26. The zero-order valence-electron chi connectivity index (χ0n) is 23.6. The number of benzene rings is 1. The number of hydrogen-bond acceptors (Lipinski definition) is 7. The number of rotatable bonds is 3. The highest BCUT2D eigenvalue weighted by Crippen LogP contribution is 2.32. The fourth-order valence-electron chi connectivity index (χ4n) is 6.08. The molecule has 2 amide bonds. The largest absolute Gasteiger partial charge is 0.354 e. The molecule has 0 radical (unpaired) electrons. The van der Waals surface area contributed by atoms with Crippen molar-refractivity contribution < 1.29 is 9.59 Å². The SMILES string of the molecule is CC(C)n1c(CN2C[C@@H]3CC(=O)NCCN(C)C(=O)c4cccn(c4=O)Cc4cn(nn4)[C@@H]3C2)nc2ccccc21. The van der Waals surface area contributed by atoms with Crippen LogP contribution in [0.2, 0.25) is 0 Å². The summed E-state index contributed by atoms with van der Waals surface area (Å²) in [6.45, 7) is 7.17. The Kier molecular flexibility index (Phi) is 7.16. The van der Waals surface area contributed by atoms with Crippen molar-refractivity contribution >= 4 is 22.8 Å². The lowest BCUT2D eigenvalue weighted by Gasteiger charge is -2.20. The number of carbonyl (C=O) groups excluding carboxylic acids is 2. The highest BCUT2D eigenvalue weighted by Gasteiger charge is 2.37. The zero-order valence-corrected chi connectivity index (χ0v) is 23.6. The number of carbonyl (C=O) groups is 2. The van der Waals surface area contributed by atoms with Gasteiger partial charge in [-0.05, 0) is 38.1 Å². The molecule has 0 saturated carbocycles. The second kappa shape index (κ2) is 10.9. The molecule has 12 heteroatoms. The summed E-state index contributed by atoms with van der Waals surface area (Å²) < 4.78 is 5.60. The van der Waals surface area contributed by atoms with Crippen LogP contribution in [0.3, 0.4) is 0 Å². The van der Waals surface area contributed by atoms with Crippen molar-refractivity contribution in [2.45, 2.75) is 45.4 Å². The number of pyridine rings is 1. The summed E-state index contributed by atoms with van der Waals surface area (Å²) >= 11 is 0. The van der Waals surface area contributed by atoms with E-state index < -0.39 is 0 Å². The van der Waals surface area contributed by atoms with Gasteiger partial charge < -0.3 is 19.4 Å². The lowest BCUT2D eigenvalue weighted by molar-refractivity contribution is -0.122. The first-order valence-electron chi connectivity index (χ1n) is 14.1. The fourth-order valence-corrected chi connectivity index (χ4v) is 6.08. The summed E-state index contributed by atoms with van der Waals surface area (Å²) in [6.07, 6.45) is 3.83. The van der Waals surface area contributed by atoms with E-state index in [0.717, 1.165) is 16.9 Å². The maximum Gasteiger partial charge on any atom is 0.263 e. The highest BCUT2D eigenvalue weighted by atomic mass is 16.2. The number of likely N-dealkylation sites (tertiary alicyclic amines) is 1. The Morgan fingerprint density at radius 3 is 2.73 bits per heavy atom. The molecule has 2 aliphatic rings. The maximum atomic E-state index is 13.1. The number of amides is 2. The van der Waals surface area contributed by atoms with E-state index in [1.54, 1.807) is 19.3 Å². The molecule has 5 heterocycles. The van der Waals surface area contributed by atoms with Crippen LogP contribution in [0, 0.1) is 5.92 Å². The van der Waals surface area contributed by atoms with Crippen LogP contribution in [0.25, 0.3) is 11.0 Å². The number of nitrogens with one attached hydrogen (secondary N) is 1. The highest BCUT2D eigenvalue weighted by molar-refractivity contribution is 5.93. The third-order valence-corrected chi connectivity index (χ3v) is 8.08. The van der Waals surface area contributed by atoms with Gasteiger partial charge in [0.05, 0.1) is 36.4 Å². The summed E-state index contributed by atoms with van der Waals surface area (Å²) in [5.41, 5.74) is 2.40. The fraction of sp³-hybridized carbons (Fsp3) is 0.448. The molecule has 6 rings (SSSR count). The molecule has 1 saturated heterocycles. The molecule has 1 fully saturated rings. The molecule has 214 valence electrons. The normalized spacial score (nSPS) is 20.5. The molecule has 0 unspecified atom stereocenters. The van der Waals surface area contributed by atoms with Crippen molar-refractivity contribution in [1.29, 1.82) is 0 Å². The van der Waals surface area contributed by atoms with E-state index in [9.17, 15) is 14.4 Å². The summed E-state index contributed by atoms with van der Waals surface area (Å²) in [6, 6.07) is 11.6. The Labute approximate surface area is 237 Å². The molecule has 4 aromatic rings. The van der Waals surface area contributed by atoms with Crippen molar-refractivity contribution in [2.24, 2.45) is 5.92 Å². The molecule has 1 N–H and O–H groups in total. The molecule has 2 atom stereocenters. The van der Waals surface area contributed by atoms with Crippen molar-refractivity contribution in [3.05, 3.63) is 76.2 Å². The Balaban J connectivity index is 1.30. The first kappa shape index (κ1) is 26.9. The third-order valence-electron chi connectivity index (χ3n) is 8.08. The molecule has 0 spiro atoms. The number of fused-ring (bicyclic) bond motifs is 7. The average Bonchev–Trinajstić information content (AvgIpc) is 3.65. The smallest absolute Gasteiger partial charge is 0.263 e. The molecule has 0 aliphatic carbocycles. The topological polar surface area (TPSA) is 123 Å². The van der Waals surface area contributed by atoms with Gasteiger partial charge in [-0.15, -0.1) is 5.10 Å². The van der Waals surface area contributed by atoms with Gasteiger partial charge in [-0.3, -0.25) is 19.3 Å². The molecule has 3 aromatic heterocycles. The van der Waals surface area contributed by atoms with E-state index in [1.165, 1.54) is 15.5 Å². The standard InChI is InChI=1S/C29H35N9O3/c1-19(2)38-24-9-5-4-8-23(24)31-26(38)18-35-14-20-13-27(39)30-10-12-34(3)28(40)22-7-6-11-36(29(22)41)15-21-16-37(33-32-21)25(20)17-35/h4-9,11,16,19-20,25H,10,12-15,17-18H2,1-3H3,(H,30,39)/t20-,25+/m0/s1. The predicted molar refractivity (Wildman–Crippen MR) is 152 cm³/mol. The number of hydrogen-bond donors (Lipinski definition) is 1. The van der Waals surface area contributed by atoms with Gasteiger partial charge in [0.1, 0.15) is 17.1 Å². The quantitative estimate of drug-likeness (QED) is 0.407. The number of likely N-dealkylation sites (N-methyl/N-ethyl adjacent to an activating group) is 1. The van der Waals surface area contributed by atoms with E-state index in [4.69, 9.17) is 4.98 Å². The summed E-state index contributed by atoms with van der Waals surface area (Å²) in [4.78, 5) is 47.8. The van der Waals surface area contributed by atoms with Crippen molar-refractivity contribution in [2.75, 3.05) is 33.2 Å². The van der Waals surface area contributed by atoms with Crippen LogP contribution in [-0.4, -0.2) is 84.0 Å². The van der Waals surface area contributed by atoms with Gasteiger partial charge in [0.15, 0.2) is 0 Å².